The molecule has 0 amide bonds. The van der Waals surface area contributed by atoms with Gasteiger partial charge < -0.3 is 4.57 Å². The highest BCUT2D eigenvalue weighted by molar-refractivity contribution is 7.07. The van der Waals surface area contributed by atoms with Gasteiger partial charge in [-0.05, 0) is 23.9 Å². The number of benzene rings is 2. The molecular formula is C15H14N2S. The molecule has 0 aliphatic carbocycles. The van der Waals surface area contributed by atoms with Crippen molar-refractivity contribution in [3.8, 4) is 0 Å². The van der Waals surface area contributed by atoms with Crippen molar-refractivity contribution in [3.63, 3.8) is 0 Å². The van der Waals surface area contributed by atoms with Gasteiger partial charge in [0.15, 0.2) is 4.80 Å². The molecule has 0 bridgehead atoms. The molecule has 0 aliphatic heterocycles. The van der Waals surface area contributed by atoms with E-state index in [0.29, 0.717) is 0 Å². The van der Waals surface area contributed by atoms with Crippen molar-refractivity contribution in [2.45, 2.75) is 6.92 Å². The zero-order chi connectivity index (χ0) is 12.5. The van der Waals surface area contributed by atoms with Crippen molar-refractivity contribution in [2.24, 2.45) is 12.0 Å². The summed E-state index contributed by atoms with van der Waals surface area (Å²) >= 11 is 1.65. The minimum Gasteiger partial charge on any atom is -0.327 e. The summed E-state index contributed by atoms with van der Waals surface area (Å²) in [5.41, 5.74) is 2.33. The molecule has 0 saturated carbocycles. The number of fused-ring (bicyclic) bond motifs is 1. The highest BCUT2D eigenvalue weighted by Crippen LogP contribution is 2.27. The maximum atomic E-state index is 4.75. The van der Waals surface area contributed by atoms with E-state index >= 15 is 0 Å². The van der Waals surface area contributed by atoms with Crippen LogP contribution in [0.2, 0.25) is 0 Å². The number of aromatic nitrogens is 1. The third-order valence-electron chi connectivity index (χ3n) is 3.09. The lowest BCUT2D eigenvalue weighted by Gasteiger charge is -2.04. The normalized spacial score (nSPS) is 12.2. The van der Waals surface area contributed by atoms with Crippen LogP contribution in [-0.2, 0) is 7.05 Å². The monoisotopic (exact) mass is 254 g/mol. The Bertz CT molecular complexity index is 765. The van der Waals surface area contributed by atoms with Gasteiger partial charge in [0.05, 0.1) is 5.69 Å². The molecule has 3 aromatic rings. The standard InChI is InChI=1S/C15H14N2S/c1-11-7-8-14(13-6-4-3-5-12(11)13)16-15-17(2)9-10-18-15/h3-10H,1-2H3. The van der Waals surface area contributed by atoms with Crippen LogP contribution >= 0.6 is 11.3 Å². The molecule has 0 aliphatic rings. The van der Waals surface area contributed by atoms with Crippen molar-refractivity contribution in [1.82, 2.24) is 4.57 Å². The van der Waals surface area contributed by atoms with E-state index in [9.17, 15) is 0 Å². The predicted octanol–water partition coefficient (Wildman–Crippen LogP) is 3.78. The first kappa shape index (κ1) is 11.2. The molecule has 0 unspecified atom stereocenters. The number of hydrogen-bond acceptors (Lipinski definition) is 2. The second-order valence-corrected chi connectivity index (χ2v) is 5.23. The van der Waals surface area contributed by atoms with Gasteiger partial charge in [-0.15, -0.1) is 11.3 Å². The molecule has 1 aromatic heterocycles. The average molecular weight is 254 g/mol. The second-order valence-electron chi connectivity index (χ2n) is 4.36. The second kappa shape index (κ2) is 4.42. The van der Waals surface area contributed by atoms with Gasteiger partial charge in [-0.3, -0.25) is 0 Å². The molecule has 0 N–H and O–H groups in total. The quantitative estimate of drug-likeness (QED) is 0.629. The van der Waals surface area contributed by atoms with Crippen LogP contribution in [0.25, 0.3) is 10.8 Å². The fraction of sp³-hybridized carbons (Fsp3) is 0.133. The Labute approximate surface area is 110 Å². The van der Waals surface area contributed by atoms with Gasteiger partial charge in [-0.1, -0.05) is 30.3 Å². The van der Waals surface area contributed by atoms with Gasteiger partial charge in [-0.25, -0.2) is 4.99 Å². The summed E-state index contributed by atoms with van der Waals surface area (Å²) in [6, 6.07) is 12.7. The highest BCUT2D eigenvalue weighted by atomic mass is 32.1. The summed E-state index contributed by atoms with van der Waals surface area (Å²) in [4.78, 5) is 5.77. The van der Waals surface area contributed by atoms with E-state index in [4.69, 9.17) is 4.99 Å². The van der Waals surface area contributed by atoms with Gasteiger partial charge in [-0.2, -0.15) is 0 Å². The minimum absolute atomic E-state index is 1.02. The molecule has 90 valence electrons. The minimum atomic E-state index is 1.02. The molecule has 2 aromatic carbocycles. The molecule has 3 rings (SSSR count). The SMILES string of the molecule is Cc1ccc(N=c2sccn2C)c2ccccc12. The van der Waals surface area contributed by atoms with Crippen LogP contribution in [0.1, 0.15) is 5.56 Å². The van der Waals surface area contributed by atoms with Crippen LogP contribution in [-0.4, -0.2) is 4.57 Å². The summed E-state index contributed by atoms with van der Waals surface area (Å²) in [5.74, 6) is 0. The predicted molar refractivity (Wildman–Crippen MR) is 77.2 cm³/mol. The van der Waals surface area contributed by atoms with E-state index in [-0.39, 0.29) is 0 Å². The average Bonchev–Trinajstić information content (AvgIpc) is 2.79. The van der Waals surface area contributed by atoms with E-state index in [1.807, 2.05) is 17.8 Å². The Morgan fingerprint density at radius 2 is 1.83 bits per heavy atom. The lowest BCUT2D eigenvalue weighted by molar-refractivity contribution is 0.874. The molecule has 18 heavy (non-hydrogen) atoms. The van der Waals surface area contributed by atoms with Crippen molar-refractivity contribution < 1.29 is 0 Å². The van der Waals surface area contributed by atoms with Crippen molar-refractivity contribution in [3.05, 3.63) is 58.3 Å². The summed E-state index contributed by atoms with van der Waals surface area (Å²) in [6.45, 7) is 2.14. The Morgan fingerprint density at radius 3 is 2.56 bits per heavy atom. The summed E-state index contributed by atoms with van der Waals surface area (Å²) in [5, 5.41) is 4.54. The zero-order valence-electron chi connectivity index (χ0n) is 10.4. The smallest absolute Gasteiger partial charge is 0.189 e. The first-order chi connectivity index (χ1) is 8.75. The summed E-state index contributed by atoms with van der Waals surface area (Å²) in [6.07, 6.45) is 2.03. The third kappa shape index (κ3) is 1.87. The van der Waals surface area contributed by atoms with Crippen LogP contribution in [0.4, 0.5) is 5.69 Å². The summed E-state index contributed by atoms with van der Waals surface area (Å²) < 4.78 is 2.04. The lowest BCUT2D eigenvalue weighted by Crippen LogP contribution is -2.08. The molecule has 0 spiro atoms. The number of aryl methyl sites for hydroxylation is 2. The van der Waals surface area contributed by atoms with E-state index in [1.165, 1.54) is 16.3 Å². The Hall–Kier alpha value is -1.87. The number of nitrogens with zero attached hydrogens (tertiary/aromatic N) is 2. The van der Waals surface area contributed by atoms with Crippen LogP contribution in [0.15, 0.2) is 53.0 Å². The van der Waals surface area contributed by atoms with Gasteiger partial charge >= 0.3 is 0 Å². The molecule has 0 saturated heterocycles. The number of hydrogen-bond donors (Lipinski definition) is 0. The van der Waals surface area contributed by atoms with Gasteiger partial charge in [0.1, 0.15) is 0 Å². The van der Waals surface area contributed by atoms with Crippen LogP contribution in [0.5, 0.6) is 0 Å². The van der Waals surface area contributed by atoms with Gasteiger partial charge in [0.25, 0.3) is 0 Å². The molecule has 1 heterocycles. The van der Waals surface area contributed by atoms with Gasteiger partial charge in [0.2, 0.25) is 0 Å². The van der Waals surface area contributed by atoms with E-state index in [1.54, 1.807) is 11.3 Å². The largest absolute Gasteiger partial charge is 0.327 e. The van der Waals surface area contributed by atoms with Crippen LogP contribution in [0.3, 0.4) is 0 Å². The molecule has 3 heteroatoms. The number of thiazole rings is 1. The Balaban J connectivity index is 2.32. The van der Waals surface area contributed by atoms with E-state index in [0.717, 1.165) is 10.5 Å². The van der Waals surface area contributed by atoms with E-state index in [2.05, 4.69) is 48.7 Å². The lowest BCUT2D eigenvalue weighted by atomic mass is 10.0. The topological polar surface area (TPSA) is 17.3 Å². The zero-order valence-corrected chi connectivity index (χ0v) is 11.2. The molecular weight excluding hydrogens is 240 g/mol. The third-order valence-corrected chi connectivity index (χ3v) is 3.94. The summed E-state index contributed by atoms with van der Waals surface area (Å²) in [7, 11) is 2.02. The van der Waals surface area contributed by atoms with Crippen LogP contribution < -0.4 is 4.80 Å². The fourth-order valence-corrected chi connectivity index (χ4v) is 2.81. The Morgan fingerprint density at radius 1 is 1.06 bits per heavy atom. The molecule has 0 radical (unpaired) electrons. The highest BCUT2D eigenvalue weighted by Gasteiger charge is 2.02. The molecule has 2 nitrogen and oxygen atoms in total. The maximum absolute atomic E-state index is 4.75. The first-order valence-corrected chi connectivity index (χ1v) is 6.77. The maximum Gasteiger partial charge on any atom is 0.189 e. The molecule has 0 atom stereocenters. The first-order valence-electron chi connectivity index (χ1n) is 5.89. The van der Waals surface area contributed by atoms with Crippen molar-refractivity contribution in [1.29, 1.82) is 0 Å². The fourth-order valence-electron chi connectivity index (χ4n) is 2.07. The van der Waals surface area contributed by atoms with Crippen molar-refractivity contribution >= 4 is 27.8 Å². The number of rotatable bonds is 1. The van der Waals surface area contributed by atoms with Gasteiger partial charge in [0, 0.05) is 24.0 Å². The van der Waals surface area contributed by atoms with E-state index < -0.39 is 0 Å². The van der Waals surface area contributed by atoms with Crippen molar-refractivity contribution in [2.75, 3.05) is 0 Å². The molecule has 0 fully saturated rings. The Kier molecular flexibility index (Phi) is 2.76. The van der Waals surface area contributed by atoms with Crippen LogP contribution in [0, 0.1) is 6.92 Å².